The lowest BCUT2D eigenvalue weighted by atomic mass is 10.0. The molecule has 0 amide bonds. The van der Waals surface area contributed by atoms with E-state index in [2.05, 4.69) is 29.0 Å². The summed E-state index contributed by atoms with van der Waals surface area (Å²) in [6, 6.07) is 3.62. The van der Waals surface area contributed by atoms with Crippen molar-refractivity contribution in [3.8, 4) is 11.5 Å². The van der Waals surface area contributed by atoms with E-state index >= 15 is 0 Å². The van der Waals surface area contributed by atoms with Crippen LogP contribution in [0.25, 0.3) is 11.5 Å². The number of aryl methyl sites for hydroxylation is 1. The molecule has 2 rings (SSSR count). The highest BCUT2D eigenvalue weighted by atomic mass is 16.5. The van der Waals surface area contributed by atoms with Gasteiger partial charge in [0.2, 0.25) is 11.7 Å². The van der Waals surface area contributed by atoms with Crippen LogP contribution in [0.5, 0.6) is 0 Å². The first-order chi connectivity index (χ1) is 8.61. The van der Waals surface area contributed by atoms with Gasteiger partial charge in [0.1, 0.15) is 5.69 Å². The Morgan fingerprint density at radius 1 is 1.44 bits per heavy atom. The van der Waals surface area contributed by atoms with E-state index < -0.39 is 0 Å². The Labute approximate surface area is 106 Å². The number of hydrogen-bond donors (Lipinski definition) is 1. The minimum absolute atomic E-state index is 0.221. The van der Waals surface area contributed by atoms with Crippen molar-refractivity contribution in [1.29, 1.82) is 0 Å². The normalized spacial score (nSPS) is 14.4. The first-order valence-electron chi connectivity index (χ1n) is 6.14. The molecule has 2 aromatic heterocycles. The largest absolute Gasteiger partial charge is 0.337 e. The molecule has 2 unspecified atom stereocenters. The minimum atomic E-state index is -0.221. The lowest BCUT2D eigenvalue weighted by molar-refractivity contribution is 0.312. The maximum absolute atomic E-state index is 6.05. The SMILES string of the molecule is CCC(C)C(N)c1nc(-c2cc(C)ccn2)no1. The van der Waals surface area contributed by atoms with Crippen LogP contribution in [-0.2, 0) is 0 Å². The van der Waals surface area contributed by atoms with E-state index in [1.807, 2.05) is 19.1 Å². The number of rotatable bonds is 4. The van der Waals surface area contributed by atoms with Gasteiger partial charge in [-0.2, -0.15) is 4.98 Å². The fourth-order valence-electron chi connectivity index (χ4n) is 1.63. The molecular weight excluding hydrogens is 228 g/mol. The highest BCUT2D eigenvalue weighted by molar-refractivity contribution is 5.48. The summed E-state index contributed by atoms with van der Waals surface area (Å²) in [6.45, 7) is 6.15. The van der Waals surface area contributed by atoms with E-state index in [4.69, 9.17) is 10.3 Å². The summed E-state index contributed by atoms with van der Waals surface area (Å²) in [6.07, 6.45) is 2.71. The Morgan fingerprint density at radius 2 is 2.22 bits per heavy atom. The monoisotopic (exact) mass is 246 g/mol. The zero-order valence-electron chi connectivity index (χ0n) is 10.9. The van der Waals surface area contributed by atoms with Gasteiger partial charge in [0.15, 0.2) is 0 Å². The molecule has 5 nitrogen and oxygen atoms in total. The Kier molecular flexibility index (Phi) is 3.72. The summed E-state index contributed by atoms with van der Waals surface area (Å²) in [5.41, 5.74) is 7.87. The maximum atomic E-state index is 6.05. The van der Waals surface area contributed by atoms with Crippen LogP contribution < -0.4 is 5.73 Å². The maximum Gasteiger partial charge on any atom is 0.244 e. The van der Waals surface area contributed by atoms with Gasteiger partial charge in [0.05, 0.1) is 6.04 Å². The third-order valence-corrected chi connectivity index (χ3v) is 3.13. The predicted octanol–water partition coefficient (Wildman–Crippen LogP) is 2.49. The van der Waals surface area contributed by atoms with E-state index in [1.165, 1.54) is 0 Å². The molecule has 2 atom stereocenters. The molecule has 0 spiro atoms. The average Bonchev–Trinajstić information content (AvgIpc) is 2.86. The minimum Gasteiger partial charge on any atom is -0.337 e. The first-order valence-corrected chi connectivity index (χ1v) is 6.14. The van der Waals surface area contributed by atoms with Gasteiger partial charge in [-0.1, -0.05) is 25.4 Å². The highest BCUT2D eigenvalue weighted by Gasteiger charge is 2.20. The fraction of sp³-hybridized carbons (Fsp3) is 0.462. The van der Waals surface area contributed by atoms with Crippen molar-refractivity contribution in [2.24, 2.45) is 11.7 Å². The van der Waals surface area contributed by atoms with Gasteiger partial charge in [-0.05, 0) is 30.5 Å². The van der Waals surface area contributed by atoms with Crippen molar-refractivity contribution in [2.75, 3.05) is 0 Å². The highest BCUT2D eigenvalue weighted by Crippen LogP contribution is 2.22. The van der Waals surface area contributed by atoms with E-state index in [-0.39, 0.29) is 6.04 Å². The first kappa shape index (κ1) is 12.7. The third-order valence-electron chi connectivity index (χ3n) is 3.13. The Hall–Kier alpha value is -1.75. The summed E-state index contributed by atoms with van der Waals surface area (Å²) in [5, 5.41) is 3.94. The van der Waals surface area contributed by atoms with Crippen LogP contribution in [0.2, 0.25) is 0 Å². The molecule has 2 N–H and O–H groups in total. The molecular formula is C13H18N4O. The quantitative estimate of drug-likeness (QED) is 0.896. The van der Waals surface area contributed by atoms with Gasteiger partial charge in [-0.15, -0.1) is 0 Å². The standard InChI is InChI=1S/C13H18N4O/c1-4-9(3)11(14)13-16-12(17-18-13)10-7-8(2)5-6-15-10/h5-7,9,11H,4,14H2,1-3H3. The number of nitrogens with two attached hydrogens (primary N) is 1. The molecule has 0 aliphatic heterocycles. The molecule has 0 aromatic carbocycles. The van der Waals surface area contributed by atoms with Crippen molar-refractivity contribution in [3.63, 3.8) is 0 Å². The molecule has 0 radical (unpaired) electrons. The van der Waals surface area contributed by atoms with E-state index in [1.54, 1.807) is 6.20 Å². The number of pyridine rings is 1. The Balaban J connectivity index is 2.25. The molecule has 0 aliphatic rings. The summed E-state index contributed by atoms with van der Waals surface area (Å²) in [4.78, 5) is 8.55. The summed E-state index contributed by atoms with van der Waals surface area (Å²) in [7, 11) is 0. The molecule has 2 aromatic rings. The summed E-state index contributed by atoms with van der Waals surface area (Å²) >= 11 is 0. The molecule has 0 saturated heterocycles. The van der Waals surface area contributed by atoms with Crippen molar-refractivity contribution < 1.29 is 4.52 Å². The lowest BCUT2D eigenvalue weighted by Crippen LogP contribution is -2.18. The molecule has 0 saturated carbocycles. The van der Waals surface area contributed by atoms with Crippen molar-refractivity contribution in [1.82, 2.24) is 15.1 Å². The van der Waals surface area contributed by atoms with Crippen LogP contribution in [0.1, 0.15) is 37.8 Å². The van der Waals surface area contributed by atoms with Crippen molar-refractivity contribution in [3.05, 3.63) is 29.8 Å². The molecule has 96 valence electrons. The van der Waals surface area contributed by atoms with Gasteiger partial charge < -0.3 is 10.3 Å². The number of hydrogen-bond acceptors (Lipinski definition) is 5. The van der Waals surface area contributed by atoms with E-state index in [0.29, 0.717) is 23.3 Å². The van der Waals surface area contributed by atoms with Crippen LogP contribution in [0, 0.1) is 12.8 Å². The second-order valence-corrected chi connectivity index (χ2v) is 4.59. The van der Waals surface area contributed by atoms with Crippen molar-refractivity contribution >= 4 is 0 Å². The molecule has 0 bridgehead atoms. The zero-order chi connectivity index (χ0) is 13.1. The Morgan fingerprint density at radius 3 is 2.89 bits per heavy atom. The lowest BCUT2D eigenvalue weighted by Gasteiger charge is -2.12. The average molecular weight is 246 g/mol. The molecule has 5 heteroatoms. The number of nitrogens with zero attached hydrogens (tertiary/aromatic N) is 3. The van der Waals surface area contributed by atoms with Crippen LogP contribution in [0.15, 0.2) is 22.9 Å². The molecule has 18 heavy (non-hydrogen) atoms. The van der Waals surface area contributed by atoms with Gasteiger partial charge in [-0.3, -0.25) is 4.98 Å². The Bertz CT molecular complexity index is 523. The van der Waals surface area contributed by atoms with Crippen LogP contribution >= 0.6 is 0 Å². The zero-order valence-corrected chi connectivity index (χ0v) is 10.9. The summed E-state index contributed by atoms with van der Waals surface area (Å²) in [5.74, 6) is 1.28. The van der Waals surface area contributed by atoms with Gasteiger partial charge in [0.25, 0.3) is 0 Å². The van der Waals surface area contributed by atoms with Gasteiger partial charge in [0, 0.05) is 6.20 Å². The van der Waals surface area contributed by atoms with Crippen molar-refractivity contribution in [2.45, 2.75) is 33.2 Å². The molecule has 0 aliphatic carbocycles. The van der Waals surface area contributed by atoms with Gasteiger partial charge >= 0.3 is 0 Å². The van der Waals surface area contributed by atoms with E-state index in [0.717, 1.165) is 12.0 Å². The second-order valence-electron chi connectivity index (χ2n) is 4.59. The third kappa shape index (κ3) is 2.56. The topological polar surface area (TPSA) is 77.8 Å². The molecule has 2 heterocycles. The number of aromatic nitrogens is 3. The van der Waals surface area contributed by atoms with E-state index in [9.17, 15) is 0 Å². The predicted molar refractivity (Wildman–Crippen MR) is 68.6 cm³/mol. The fourth-order valence-corrected chi connectivity index (χ4v) is 1.63. The summed E-state index contributed by atoms with van der Waals surface area (Å²) < 4.78 is 5.22. The van der Waals surface area contributed by atoms with Crippen LogP contribution in [-0.4, -0.2) is 15.1 Å². The van der Waals surface area contributed by atoms with Crippen LogP contribution in [0.4, 0.5) is 0 Å². The van der Waals surface area contributed by atoms with Crippen LogP contribution in [0.3, 0.4) is 0 Å². The smallest absolute Gasteiger partial charge is 0.244 e. The molecule has 0 fully saturated rings. The second kappa shape index (κ2) is 5.27. The van der Waals surface area contributed by atoms with Gasteiger partial charge in [-0.25, -0.2) is 0 Å².